The topological polar surface area (TPSA) is 92.0 Å². The maximum Gasteiger partial charge on any atom is 0.306 e. The van der Waals surface area contributed by atoms with E-state index >= 15 is 0 Å². The summed E-state index contributed by atoms with van der Waals surface area (Å²) >= 11 is 0. The van der Waals surface area contributed by atoms with Crippen molar-refractivity contribution in [3.8, 4) is 0 Å². The van der Waals surface area contributed by atoms with Crippen LogP contribution in [0.4, 0.5) is 0 Å². The van der Waals surface area contributed by atoms with Crippen molar-refractivity contribution in [1.82, 2.24) is 0 Å². The van der Waals surface area contributed by atoms with Gasteiger partial charge in [-0.25, -0.2) is 0 Å². The molecule has 1 unspecified atom stereocenters. The molecule has 0 aromatic carbocycles. The maximum absolute atomic E-state index is 13.7. The lowest BCUT2D eigenvalue weighted by Gasteiger charge is -2.56. The molecule has 7 heteroatoms. The molecule has 1 spiro atoms. The van der Waals surface area contributed by atoms with Gasteiger partial charge in [-0.3, -0.25) is 14.4 Å². The van der Waals surface area contributed by atoms with Gasteiger partial charge in [-0.2, -0.15) is 0 Å². The van der Waals surface area contributed by atoms with Gasteiger partial charge in [0.2, 0.25) is 5.79 Å². The Kier molecular flexibility index (Phi) is 9.81. The van der Waals surface area contributed by atoms with Gasteiger partial charge in [-0.05, 0) is 40.0 Å². The molecule has 0 N–H and O–H groups in total. The first-order chi connectivity index (χ1) is 18.6. The van der Waals surface area contributed by atoms with Gasteiger partial charge in [0.1, 0.15) is 23.4 Å². The largest absolute Gasteiger partial charge is 0.465 e. The molecule has 2 aliphatic rings. The predicted molar refractivity (Wildman–Crippen MR) is 155 cm³/mol. The van der Waals surface area contributed by atoms with Gasteiger partial charge in [0.25, 0.3) is 0 Å². The molecule has 0 bridgehead atoms. The van der Waals surface area contributed by atoms with E-state index in [0.29, 0.717) is 46.8 Å². The Morgan fingerprint density at radius 3 is 2.17 bits per heavy atom. The Balaban J connectivity index is 2.19. The number of ketones is 1. The number of rotatable bonds is 8. The van der Waals surface area contributed by atoms with Crippen LogP contribution in [0.2, 0.25) is 0 Å². The van der Waals surface area contributed by atoms with E-state index in [4.69, 9.17) is 18.6 Å². The van der Waals surface area contributed by atoms with Crippen molar-refractivity contribution in [2.75, 3.05) is 0 Å². The standard InChI is InChI=1S/C33H50O7/c1-13-17(5)29-20(8)28(36)23(11)33(39-29)24(12)32(38-26(34)15-16(3)4)22(10)31(40-33)21(9)30-19(7)27(35)18(6)25(14-2)37-30/h16-17,21-24,31-32H,13-15H2,1-12H3/t17-,21+,22-,23+,24+,31+,32+,33?/m1/s1. The molecule has 8 atom stereocenters. The van der Waals surface area contributed by atoms with E-state index in [2.05, 4.69) is 6.92 Å². The first-order valence-electron chi connectivity index (χ1n) is 15.1. The van der Waals surface area contributed by atoms with E-state index in [1.807, 2.05) is 62.3 Å². The summed E-state index contributed by atoms with van der Waals surface area (Å²) in [6.45, 7) is 23.2. The molecule has 224 valence electrons. The Hall–Kier alpha value is -2.41. The van der Waals surface area contributed by atoms with Crippen molar-refractivity contribution < 1.29 is 28.2 Å². The summed E-state index contributed by atoms with van der Waals surface area (Å²) < 4.78 is 26.3. The van der Waals surface area contributed by atoms with Gasteiger partial charge in [0, 0.05) is 47.3 Å². The molecule has 7 nitrogen and oxygen atoms in total. The normalized spacial score (nSPS) is 30.4. The fourth-order valence-corrected chi connectivity index (χ4v) is 6.56. The molecule has 0 radical (unpaired) electrons. The number of carbonyl (C=O) groups excluding carboxylic acids is 2. The second-order valence-electron chi connectivity index (χ2n) is 12.6. The van der Waals surface area contributed by atoms with Crippen molar-refractivity contribution >= 4 is 11.8 Å². The van der Waals surface area contributed by atoms with Gasteiger partial charge < -0.3 is 18.6 Å². The summed E-state index contributed by atoms with van der Waals surface area (Å²) in [5, 5.41) is 0. The number of aryl methyl sites for hydroxylation is 1. The van der Waals surface area contributed by atoms with Crippen molar-refractivity contribution in [3.63, 3.8) is 0 Å². The van der Waals surface area contributed by atoms with Crippen molar-refractivity contribution in [2.24, 2.45) is 29.6 Å². The van der Waals surface area contributed by atoms with E-state index in [0.717, 1.165) is 6.42 Å². The van der Waals surface area contributed by atoms with Gasteiger partial charge in [-0.1, -0.05) is 55.4 Å². The molecule has 1 saturated heterocycles. The number of ether oxygens (including phenoxy) is 3. The Morgan fingerprint density at radius 1 is 1.00 bits per heavy atom. The first-order valence-corrected chi connectivity index (χ1v) is 15.1. The zero-order valence-electron chi connectivity index (χ0n) is 26.6. The van der Waals surface area contributed by atoms with Crippen LogP contribution in [-0.2, 0) is 30.2 Å². The summed E-state index contributed by atoms with van der Waals surface area (Å²) in [6.07, 6.45) is 0.573. The molecule has 3 heterocycles. The van der Waals surface area contributed by atoms with Crippen LogP contribution in [0.5, 0.6) is 0 Å². The minimum atomic E-state index is -1.34. The SMILES string of the molecule is CCc1oc([C@H](C)[C@@H]2OC3(OC([C@H](C)CC)=C(C)C(=O)[C@@H]3C)[C@@H](C)[C@@H](OC(=O)CC(C)C)[C@@H]2C)c(C)c(=O)c1C. The quantitative estimate of drug-likeness (QED) is 0.324. The number of hydrogen-bond acceptors (Lipinski definition) is 7. The lowest BCUT2D eigenvalue weighted by atomic mass is 9.70. The van der Waals surface area contributed by atoms with Crippen LogP contribution in [0.25, 0.3) is 0 Å². The number of carbonyl (C=O) groups is 2. The highest BCUT2D eigenvalue weighted by Gasteiger charge is 2.62. The average molecular weight is 559 g/mol. The van der Waals surface area contributed by atoms with Crippen LogP contribution in [0.3, 0.4) is 0 Å². The molecule has 40 heavy (non-hydrogen) atoms. The minimum absolute atomic E-state index is 0.0192. The number of allylic oxidation sites excluding steroid dienone is 2. The zero-order chi connectivity index (χ0) is 30.3. The first kappa shape index (κ1) is 32.1. The van der Waals surface area contributed by atoms with Gasteiger partial charge in [0.05, 0.1) is 17.9 Å². The van der Waals surface area contributed by atoms with E-state index in [1.165, 1.54) is 0 Å². The van der Waals surface area contributed by atoms with Crippen LogP contribution in [0, 0.1) is 43.4 Å². The monoisotopic (exact) mass is 558 g/mol. The van der Waals surface area contributed by atoms with Crippen LogP contribution >= 0.6 is 0 Å². The fourth-order valence-electron chi connectivity index (χ4n) is 6.56. The summed E-state index contributed by atoms with van der Waals surface area (Å²) in [7, 11) is 0. The Labute approximate surface area is 240 Å². The van der Waals surface area contributed by atoms with Crippen LogP contribution in [0.15, 0.2) is 20.5 Å². The average Bonchev–Trinajstić information content (AvgIpc) is 2.91. The lowest BCUT2D eigenvalue weighted by Crippen LogP contribution is -2.65. The molecule has 0 aliphatic carbocycles. The molecule has 1 aromatic rings. The third-order valence-electron chi connectivity index (χ3n) is 9.32. The number of esters is 1. The van der Waals surface area contributed by atoms with Crippen molar-refractivity contribution in [1.29, 1.82) is 0 Å². The molecular formula is C33H50O7. The second kappa shape index (κ2) is 12.2. The summed E-state index contributed by atoms with van der Waals surface area (Å²) in [5.41, 5.74) is 1.75. The van der Waals surface area contributed by atoms with Crippen LogP contribution in [0.1, 0.15) is 111 Å². The summed E-state index contributed by atoms with van der Waals surface area (Å²) in [6, 6.07) is 0. The van der Waals surface area contributed by atoms with Crippen LogP contribution in [-0.4, -0.2) is 29.7 Å². The van der Waals surface area contributed by atoms with E-state index in [9.17, 15) is 14.4 Å². The summed E-state index contributed by atoms with van der Waals surface area (Å²) in [4.78, 5) is 39.9. The third-order valence-corrected chi connectivity index (χ3v) is 9.32. The van der Waals surface area contributed by atoms with Crippen LogP contribution < -0.4 is 5.43 Å². The predicted octanol–water partition coefficient (Wildman–Crippen LogP) is 6.80. The molecule has 2 aliphatic heterocycles. The highest BCUT2D eigenvalue weighted by Crippen LogP contribution is 2.52. The maximum atomic E-state index is 13.7. The minimum Gasteiger partial charge on any atom is -0.465 e. The third kappa shape index (κ3) is 5.55. The molecular weight excluding hydrogens is 508 g/mol. The van der Waals surface area contributed by atoms with Crippen molar-refractivity contribution in [2.45, 2.75) is 126 Å². The van der Waals surface area contributed by atoms with Gasteiger partial charge in [-0.15, -0.1) is 0 Å². The Morgan fingerprint density at radius 2 is 1.62 bits per heavy atom. The molecule has 0 saturated carbocycles. The highest BCUT2D eigenvalue weighted by atomic mass is 16.7. The van der Waals surface area contributed by atoms with E-state index < -0.39 is 29.8 Å². The smallest absolute Gasteiger partial charge is 0.306 e. The lowest BCUT2D eigenvalue weighted by molar-refractivity contribution is -0.347. The Bertz CT molecular complexity index is 1210. The van der Waals surface area contributed by atoms with Gasteiger partial charge in [0.15, 0.2) is 11.2 Å². The molecule has 1 fully saturated rings. The van der Waals surface area contributed by atoms with E-state index in [-0.39, 0.29) is 40.9 Å². The number of Topliss-reactive ketones (excluding diaryl/α,β-unsaturated/α-hetero) is 1. The fraction of sp³-hybridized carbons (Fsp3) is 0.727. The van der Waals surface area contributed by atoms with Gasteiger partial charge >= 0.3 is 5.97 Å². The second-order valence-corrected chi connectivity index (χ2v) is 12.6. The highest BCUT2D eigenvalue weighted by molar-refractivity contribution is 5.98. The zero-order valence-corrected chi connectivity index (χ0v) is 26.6. The molecule has 1 aromatic heterocycles. The molecule has 3 rings (SSSR count). The van der Waals surface area contributed by atoms with E-state index in [1.54, 1.807) is 13.8 Å². The van der Waals surface area contributed by atoms with Crippen molar-refractivity contribution in [3.05, 3.63) is 44.2 Å². The molecule has 0 amide bonds. The number of hydrogen-bond donors (Lipinski definition) is 0. The summed E-state index contributed by atoms with van der Waals surface area (Å²) in [5.74, 6) is -1.30.